The Morgan fingerprint density at radius 1 is 1.27 bits per heavy atom. The molecule has 2 unspecified atom stereocenters. The van der Waals surface area contributed by atoms with Crippen LogP contribution in [-0.2, 0) is 9.59 Å². The fraction of sp³-hybridized carbons (Fsp3) is 0.778. The molecule has 15 heavy (non-hydrogen) atoms. The van der Waals surface area contributed by atoms with E-state index in [4.69, 9.17) is 10.2 Å². The van der Waals surface area contributed by atoms with Crippen molar-refractivity contribution in [3.63, 3.8) is 0 Å². The Morgan fingerprint density at radius 2 is 1.80 bits per heavy atom. The summed E-state index contributed by atoms with van der Waals surface area (Å²) in [5, 5.41) is 22.8. The van der Waals surface area contributed by atoms with E-state index in [0.717, 1.165) is 0 Å². The fourth-order valence-corrected chi connectivity index (χ4v) is 0.910. The maximum Gasteiger partial charge on any atom is 0.328 e. The van der Waals surface area contributed by atoms with Gasteiger partial charge in [0.15, 0.2) is 6.04 Å². The number of nitrogens with one attached hydrogen (secondary N) is 2. The lowest BCUT2D eigenvalue weighted by molar-refractivity contribution is -0.144. The first-order valence-corrected chi connectivity index (χ1v) is 4.78. The van der Waals surface area contributed by atoms with Crippen LogP contribution < -0.4 is 10.6 Å². The van der Waals surface area contributed by atoms with E-state index < -0.39 is 24.0 Å². The van der Waals surface area contributed by atoms with Gasteiger partial charge in [-0.05, 0) is 6.92 Å². The van der Waals surface area contributed by atoms with Gasteiger partial charge in [-0.25, -0.2) is 4.79 Å². The van der Waals surface area contributed by atoms with E-state index in [-0.39, 0.29) is 12.6 Å². The number of hydrogen-bond acceptors (Lipinski definition) is 4. The number of amides is 1. The monoisotopic (exact) mass is 218 g/mol. The first kappa shape index (κ1) is 13.9. The molecule has 0 radical (unpaired) electrons. The minimum Gasteiger partial charge on any atom is -0.480 e. The molecule has 0 aromatic carbocycles. The molecule has 4 N–H and O–H groups in total. The van der Waals surface area contributed by atoms with Gasteiger partial charge in [0.25, 0.3) is 0 Å². The van der Waals surface area contributed by atoms with Crippen LogP contribution >= 0.6 is 0 Å². The molecular weight excluding hydrogens is 200 g/mol. The molecule has 0 saturated carbocycles. The van der Waals surface area contributed by atoms with Crippen LogP contribution in [0.2, 0.25) is 0 Å². The van der Waals surface area contributed by atoms with Gasteiger partial charge in [-0.2, -0.15) is 0 Å². The van der Waals surface area contributed by atoms with Gasteiger partial charge in [0.05, 0.1) is 12.6 Å². The molecule has 6 heteroatoms. The number of carboxylic acids is 1. The predicted molar refractivity (Wildman–Crippen MR) is 54.4 cm³/mol. The van der Waals surface area contributed by atoms with Crippen molar-refractivity contribution < 1.29 is 19.8 Å². The number of carboxylic acid groups (broad SMARTS) is 1. The fourth-order valence-electron chi connectivity index (χ4n) is 0.910. The summed E-state index contributed by atoms with van der Waals surface area (Å²) in [5.41, 5.74) is 0. The first-order chi connectivity index (χ1) is 6.84. The third-order valence-corrected chi connectivity index (χ3v) is 1.74. The van der Waals surface area contributed by atoms with E-state index in [1.807, 2.05) is 13.8 Å². The van der Waals surface area contributed by atoms with Gasteiger partial charge < -0.3 is 20.8 Å². The molecule has 0 spiro atoms. The normalized spacial score (nSPS) is 14.7. The summed E-state index contributed by atoms with van der Waals surface area (Å²) in [5.74, 6) is -1.69. The number of aliphatic hydroxyl groups excluding tert-OH is 1. The Kier molecular flexibility index (Phi) is 5.88. The maximum absolute atomic E-state index is 11.2. The van der Waals surface area contributed by atoms with Crippen LogP contribution in [-0.4, -0.2) is 46.8 Å². The Morgan fingerprint density at radius 3 is 2.13 bits per heavy atom. The summed E-state index contributed by atoms with van der Waals surface area (Å²) < 4.78 is 0. The lowest BCUT2D eigenvalue weighted by atomic mass is 10.2. The summed E-state index contributed by atoms with van der Waals surface area (Å²) >= 11 is 0. The van der Waals surface area contributed by atoms with E-state index in [9.17, 15) is 9.59 Å². The molecule has 0 heterocycles. The smallest absolute Gasteiger partial charge is 0.328 e. The van der Waals surface area contributed by atoms with Crippen LogP contribution in [0.3, 0.4) is 0 Å². The van der Waals surface area contributed by atoms with Crippen molar-refractivity contribution >= 4 is 11.9 Å². The number of hydrogen-bond donors (Lipinski definition) is 4. The number of aliphatic hydroxyl groups is 1. The standard InChI is InChI=1S/C9H18N2O4/c1-5(2)10-4-7(13)11-8(6(3)12)9(14)15/h5-6,8,10,12H,4H2,1-3H3,(H,11,13)(H,14,15). The molecule has 0 fully saturated rings. The second-order valence-corrected chi connectivity index (χ2v) is 3.66. The Labute approximate surface area is 88.7 Å². The molecule has 0 aliphatic heterocycles. The van der Waals surface area contributed by atoms with E-state index in [2.05, 4.69) is 10.6 Å². The molecule has 0 aromatic rings. The zero-order chi connectivity index (χ0) is 12.0. The zero-order valence-electron chi connectivity index (χ0n) is 9.15. The average molecular weight is 218 g/mol. The largest absolute Gasteiger partial charge is 0.480 e. The molecule has 0 bridgehead atoms. The van der Waals surface area contributed by atoms with Gasteiger partial charge in [-0.1, -0.05) is 13.8 Å². The van der Waals surface area contributed by atoms with Crippen LogP contribution in [0.5, 0.6) is 0 Å². The van der Waals surface area contributed by atoms with Crippen molar-refractivity contribution in [2.45, 2.75) is 39.0 Å². The third kappa shape index (κ3) is 6.03. The molecule has 88 valence electrons. The van der Waals surface area contributed by atoms with Gasteiger partial charge in [0.2, 0.25) is 5.91 Å². The Balaban J connectivity index is 4.07. The van der Waals surface area contributed by atoms with E-state index in [1.54, 1.807) is 0 Å². The molecule has 0 aromatic heterocycles. The topological polar surface area (TPSA) is 98.7 Å². The average Bonchev–Trinajstić information content (AvgIpc) is 2.09. The maximum atomic E-state index is 11.2. The Hall–Kier alpha value is -1.14. The van der Waals surface area contributed by atoms with E-state index in [0.29, 0.717) is 0 Å². The minimum absolute atomic E-state index is 0.0359. The number of carbonyl (C=O) groups is 2. The lowest BCUT2D eigenvalue weighted by Gasteiger charge is -2.17. The van der Waals surface area contributed by atoms with Crippen molar-refractivity contribution in [3.05, 3.63) is 0 Å². The van der Waals surface area contributed by atoms with Crippen LogP contribution in [0, 0.1) is 0 Å². The molecule has 2 atom stereocenters. The highest BCUT2D eigenvalue weighted by Crippen LogP contribution is 1.92. The SMILES string of the molecule is CC(C)NCC(=O)NC(C(=O)O)C(C)O. The molecule has 0 aliphatic rings. The van der Waals surface area contributed by atoms with Gasteiger partial charge in [-0.3, -0.25) is 4.79 Å². The van der Waals surface area contributed by atoms with E-state index >= 15 is 0 Å². The van der Waals surface area contributed by atoms with Crippen LogP contribution in [0.25, 0.3) is 0 Å². The van der Waals surface area contributed by atoms with Crippen LogP contribution in [0.1, 0.15) is 20.8 Å². The Bertz CT molecular complexity index is 228. The highest BCUT2D eigenvalue weighted by atomic mass is 16.4. The van der Waals surface area contributed by atoms with Gasteiger partial charge in [0.1, 0.15) is 0 Å². The van der Waals surface area contributed by atoms with Crippen molar-refractivity contribution in [1.29, 1.82) is 0 Å². The van der Waals surface area contributed by atoms with Crippen LogP contribution in [0.4, 0.5) is 0 Å². The van der Waals surface area contributed by atoms with Gasteiger partial charge in [-0.15, -0.1) is 0 Å². The highest BCUT2D eigenvalue weighted by molar-refractivity contribution is 5.85. The number of rotatable bonds is 6. The summed E-state index contributed by atoms with van der Waals surface area (Å²) in [6.07, 6.45) is -1.12. The second kappa shape index (κ2) is 6.36. The van der Waals surface area contributed by atoms with E-state index in [1.165, 1.54) is 6.92 Å². The van der Waals surface area contributed by atoms with Gasteiger partial charge >= 0.3 is 5.97 Å². The highest BCUT2D eigenvalue weighted by Gasteiger charge is 2.24. The van der Waals surface area contributed by atoms with Crippen molar-refractivity contribution in [2.24, 2.45) is 0 Å². The summed E-state index contributed by atoms with van der Waals surface area (Å²) in [4.78, 5) is 21.8. The second-order valence-electron chi connectivity index (χ2n) is 3.66. The molecule has 6 nitrogen and oxygen atoms in total. The molecule has 0 rings (SSSR count). The lowest BCUT2D eigenvalue weighted by Crippen LogP contribution is -2.50. The molecule has 1 amide bonds. The summed E-state index contributed by atoms with van der Waals surface area (Å²) in [6.45, 7) is 5.09. The quantitative estimate of drug-likeness (QED) is 0.455. The van der Waals surface area contributed by atoms with Crippen LogP contribution in [0.15, 0.2) is 0 Å². The first-order valence-electron chi connectivity index (χ1n) is 4.78. The van der Waals surface area contributed by atoms with Gasteiger partial charge in [0, 0.05) is 6.04 Å². The van der Waals surface area contributed by atoms with Crippen molar-refractivity contribution in [2.75, 3.05) is 6.54 Å². The third-order valence-electron chi connectivity index (χ3n) is 1.74. The molecule has 0 aliphatic carbocycles. The predicted octanol–water partition coefficient (Wildman–Crippen LogP) is -1.07. The molecule has 0 saturated heterocycles. The van der Waals surface area contributed by atoms with Crippen molar-refractivity contribution in [1.82, 2.24) is 10.6 Å². The molecular formula is C9H18N2O4. The minimum atomic E-state index is -1.26. The summed E-state index contributed by atoms with van der Waals surface area (Å²) in [7, 11) is 0. The van der Waals surface area contributed by atoms with Crippen molar-refractivity contribution in [3.8, 4) is 0 Å². The summed E-state index contributed by atoms with van der Waals surface area (Å²) in [6, 6.07) is -1.11. The number of carbonyl (C=O) groups excluding carboxylic acids is 1. The number of aliphatic carboxylic acids is 1. The zero-order valence-corrected chi connectivity index (χ0v) is 9.15.